The van der Waals surface area contributed by atoms with E-state index in [0.717, 1.165) is 11.6 Å². The van der Waals surface area contributed by atoms with Crippen molar-refractivity contribution >= 4 is 22.4 Å². The van der Waals surface area contributed by atoms with Crippen LogP contribution >= 0.6 is 11.3 Å². The number of thiazole rings is 1. The Morgan fingerprint density at radius 3 is 3.00 bits per heavy atom. The molecule has 0 bridgehead atoms. The van der Waals surface area contributed by atoms with Crippen molar-refractivity contribution in [3.8, 4) is 0 Å². The molecule has 0 aromatic carbocycles. The van der Waals surface area contributed by atoms with Crippen molar-refractivity contribution in [2.75, 3.05) is 11.9 Å². The van der Waals surface area contributed by atoms with Gasteiger partial charge in [0.1, 0.15) is 0 Å². The van der Waals surface area contributed by atoms with Crippen LogP contribution in [0.2, 0.25) is 0 Å². The SMILES string of the molecule is CCOC(=O)c1csc(NC(C)CC)n1. The number of rotatable bonds is 5. The number of anilines is 1. The van der Waals surface area contributed by atoms with Crippen LogP contribution in [0.5, 0.6) is 0 Å². The van der Waals surface area contributed by atoms with E-state index in [2.05, 4.69) is 24.1 Å². The van der Waals surface area contributed by atoms with Crippen molar-refractivity contribution in [3.63, 3.8) is 0 Å². The van der Waals surface area contributed by atoms with Gasteiger partial charge in [-0.1, -0.05) is 6.92 Å². The molecule has 1 N–H and O–H groups in total. The first-order chi connectivity index (χ1) is 7.17. The fourth-order valence-corrected chi connectivity index (χ4v) is 1.74. The van der Waals surface area contributed by atoms with E-state index in [9.17, 15) is 4.79 Å². The van der Waals surface area contributed by atoms with Crippen LogP contribution in [0.3, 0.4) is 0 Å². The van der Waals surface area contributed by atoms with E-state index in [0.29, 0.717) is 18.3 Å². The molecule has 0 spiro atoms. The van der Waals surface area contributed by atoms with E-state index in [-0.39, 0.29) is 5.97 Å². The molecular formula is C10H16N2O2S. The molecule has 0 aliphatic rings. The van der Waals surface area contributed by atoms with Gasteiger partial charge >= 0.3 is 5.97 Å². The lowest BCUT2D eigenvalue weighted by Gasteiger charge is -2.08. The lowest BCUT2D eigenvalue weighted by molar-refractivity contribution is 0.0520. The van der Waals surface area contributed by atoms with Crippen molar-refractivity contribution < 1.29 is 9.53 Å². The Balaban J connectivity index is 2.59. The molecule has 0 aliphatic carbocycles. The highest BCUT2D eigenvalue weighted by Crippen LogP contribution is 2.17. The first-order valence-corrected chi connectivity index (χ1v) is 5.94. The smallest absolute Gasteiger partial charge is 0.357 e. The van der Waals surface area contributed by atoms with E-state index in [1.54, 1.807) is 12.3 Å². The van der Waals surface area contributed by atoms with E-state index in [1.807, 2.05) is 0 Å². The number of hydrogen-bond acceptors (Lipinski definition) is 5. The molecular weight excluding hydrogens is 212 g/mol. The third-order valence-electron chi connectivity index (χ3n) is 1.97. The number of carbonyl (C=O) groups excluding carboxylic acids is 1. The molecule has 0 amide bonds. The third-order valence-corrected chi connectivity index (χ3v) is 2.74. The maximum absolute atomic E-state index is 11.3. The summed E-state index contributed by atoms with van der Waals surface area (Å²) in [6.45, 7) is 6.33. The van der Waals surface area contributed by atoms with Crippen LogP contribution in [0.4, 0.5) is 5.13 Å². The Morgan fingerprint density at radius 1 is 1.67 bits per heavy atom. The predicted octanol–water partition coefficient (Wildman–Crippen LogP) is 2.53. The fourth-order valence-electron chi connectivity index (χ4n) is 0.952. The maximum Gasteiger partial charge on any atom is 0.357 e. The van der Waals surface area contributed by atoms with Gasteiger partial charge in [0.25, 0.3) is 0 Å². The topological polar surface area (TPSA) is 51.2 Å². The molecule has 1 atom stereocenters. The van der Waals surface area contributed by atoms with E-state index >= 15 is 0 Å². The molecule has 1 heterocycles. The monoisotopic (exact) mass is 228 g/mol. The average molecular weight is 228 g/mol. The summed E-state index contributed by atoms with van der Waals surface area (Å²) in [4.78, 5) is 15.5. The Labute approximate surface area is 93.7 Å². The molecule has 1 aromatic rings. The minimum Gasteiger partial charge on any atom is -0.461 e. The Hall–Kier alpha value is -1.10. The summed E-state index contributed by atoms with van der Waals surface area (Å²) < 4.78 is 4.85. The van der Waals surface area contributed by atoms with Crippen molar-refractivity contribution in [2.45, 2.75) is 33.2 Å². The molecule has 0 aliphatic heterocycles. The number of nitrogens with one attached hydrogen (secondary N) is 1. The summed E-state index contributed by atoms with van der Waals surface area (Å²) in [6.07, 6.45) is 1.02. The summed E-state index contributed by atoms with van der Waals surface area (Å²) in [7, 11) is 0. The highest BCUT2D eigenvalue weighted by Gasteiger charge is 2.11. The average Bonchev–Trinajstić information content (AvgIpc) is 2.66. The summed E-state index contributed by atoms with van der Waals surface area (Å²) in [5, 5.41) is 5.69. The normalized spacial score (nSPS) is 12.2. The van der Waals surface area contributed by atoms with Gasteiger partial charge in [-0.2, -0.15) is 0 Å². The fraction of sp³-hybridized carbons (Fsp3) is 0.600. The van der Waals surface area contributed by atoms with Gasteiger partial charge in [0.2, 0.25) is 0 Å². The molecule has 84 valence electrons. The minimum absolute atomic E-state index is 0.356. The number of ether oxygens (including phenoxy) is 1. The summed E-state index contributed by atoms with van der Waals surface area (Å²) in [6, 6.07) is 0.367. The molecule has 1 aromatic heterocycles. The van der Waals surface area contributed by atoms with Crippen LogP contribution < -0.4 is 5.32 Å². The summed E-state index contributed by atoms with van der Waals surface area (Å²) in [5.41, 5.74) is 0.382. The summed E-state index contributed by atoms with van der Waals surface area (Å²) >= 11 is 1.42. The van der Waals surface area contributed by atoms with Crippen LogP contribution in [0.1, 0.15) is 37.7 Å². The van der Waals surface area contributed by atoms with Crippen LogP contribution in [-0.2, 0) is 4.74 Å². The number of carbonyl (C=O) groups is 1. The molecule has 1 rings (SSSR count). The Kier molecular flexibility index (Phi) is 4.55. The summed E-state index contributed by atoms with van der Waals surface area (Å²) in [5.74, 6) is -0.356. The van der Waals surface area contributed by atoms with Crippen LogP contribution in [0, 0.1) is 0 Å². The molecule has 0 saturated carbocycles. The largest absolute Gasteiger partial charge is 0.461 e. The minimum atomic E-state index is -0.356. The highest BCUT2D eigenvalue weighted by atomic mass is 32.1. The van der Waals surface area contributed by atoms with E-state index < -0.39 is 0 Å². The van der Waals surface area contributed by atoms with Gasteiger partial charge in [0.05, 0.1) is 6.61 Å². The second-order valence-electron chi connectivity index (χ2n) is 3.21. The first-order valence-electron chi connectivity index (χ1n) is 5.06. The predicted molar refractivity (Wildman–Crippen MR) is 61.4 cm³/mol. The molecule has 4 nitrogen and oxygen atoms in total. The Bertz CT molecular complexity index is 325. The van der Waals surface area contributed by atoms with E-state index in [4.69, 9.17) is 4.74 Å². The zero-order valence-electron chi connectivity index (χ0n) is 9.24. The molecule has 0 saturated heterocycles. The van der Waals surface area contributed by atoms with Gasteiger partial charge in [0.15, 0.2) is 10.8 Å². The van der Waals surface area contributed by atoms with E-state index in [1.165, 1.54) is 11.3 Å². The van der Waals surface area contributed by atoms with Crippen molar-refractivity contribution in [2.24, 2.45) is 0 Å². The molecule has 0 fully saturated rings. The van der Waals surface area contributed by atoms with Crippen molar-refractivity contribution in [1.82, 2.24) is 4.98 Å². The second kappa shape index (κ2) is 5.70. The van der Waals surface area contributed by atoms with Crippen molar-refractivity contribution in [1.29, 1.82) is 0 Å². The van der Waals surface area contributed by atoms with Gasteiger partial charge in [-0.25, -0.2) is 9.78 Å². The quantitative estimate of drug-likeness (QED) is 0.787. The van der Waals surface area contributed by atoms with Crippen LogP contribution in [-0.4, -0.2) is 23.6 Å². The maximum atomic E-state index is 11.3. The number of nitrogens with zero attached hydrogens (tertiary/aromatic N) is 1. The van der Waals surface area contributed by atoms with Crippen molar-refractivity contribution in [3.05, 3.63) is 11.1 Å². The second-order valence-corrected chi connectivity index (χ2v) is 4.07. The number of aromatic nitrogens is 1. The van der Waals surface area contributed by atoms with Gasteiger partial charge in [0, 0.05) is 11.4 Å². The van der Waals surface area contributed by atoms with Gasteiger partial charge in [-0.05, 0) is 20.3 Å². The standard InChI is InChI=1S/C10H16N2O2S/c1-4-7(3)11-10-12-8(6-15-10)9(13)14-5-2/h6-7H,4-5H2,1-3H3,(H,11,12). The van der Waals surface area contributed by atoms with Gasteiger partial charge in [-0.15, -0.1) is 11.3 Å². The third kappa shape index (κ3) is 3.51. The molecule has 15 heavy (non-hydrogen) atoms. The Morgan fingerprint density at radius 2 is 2.40 bits per heavy atom. The lowest BCUT2D eigenvalue weighted by atomic mass is 10.3. The first kappa shape index (κ1) is 12.0. The zero-order chi connectivity index (χ0) is 11.3. The number of hydrogen-bond donors (Lipinski definition) is 1. The molecule has 1 unspecified atom stereocenters. The van der Waals surface area contributed by atoms with Gasteiger partial charge in [-0.3, -0.25) is 0 Å². The van der Waals surface area contributed by atoms with Gasteiger partial charge < -0.3 is 10.1 Å². The lowest BCUT2D eigenvalue weighted by Crippen LogP contribution is -2.13. The zero-order valence-corrected chi connectivity index (χ0v) is 10.1. The number of esters is 1. The molecule has 0 radical (unpaired) electrons. The van der Waals surface area contributed by atoms with Crippen LogP contribution in [0.25, 0.3) is 0 Å². The van der Waals surface area contributed by atoms with Crippen LogP contribution in [0.15, 0.2) is 5.38 Å². The highest BCUT2D eigenvalue weighted by molar-refractivity contribution is 7.13. The molecule has 5 heteroatoms.